The number of thioether (sulfide) groups is 1. The molecule has 0 aromatic heterocycles. The largest absolute Gasteiger partial charge is 0.384 e. The summed E-state index contributed by atoms with van der Waals surface area (Å²) in [6, 6.07) is 6.13. The van der Waals surface area contributed by atoms with E-state index in [0.717, 1.165) is 22.2 Å². The molecule has 3 heteroatoms. The van der Waals surface area contributed by atoms with Crippen LogP contribution in [-0.4, -0.2) is 16.1 Å². The third kappa shape index (κ3) is 1.97. The first kappa shape index (κ1) is 11.5. The molecule has 0 radical (unpaired) electrons. The minimum Gasteiger partial charge on any atom is -0.384 e. The van der Waals surface area contributed by atoms with Gasteiger partial charge in [-0.25, -0.2) is 0 Å². The van der Waals surface area contributed by atoms with Crippen LogP contribution in [0.2, 0.25) is 0 Å². The van der Waals surface area contributed by atoms with Crippen LogP contribution in [0.15, 0.2) is 22.7 Å². The highest BCUT2D eigenvalue weighted by Gasteiger charge is 2.41. The van der Waals surface area contributed by atoms with Crippen LogP contribution in [0.4, 0.5) is 0 Å². The molecule has 0 bridgehead atoms. The van der Waals surface area contributed by atoms with E-state index in [-0.39, 0.29) is 5.25 Å². The number of halogens is 1. The van der Waals surface area contributed by atoms with Gasteiger partial charge in [-0.2, -0.15) is 11.8 Å². The Morgan fingerprint density at radius 3 is 2.80 bits per heavy atom. The summed E-state index contributed by atoms with van der Waals surface area (Å²) in [6.07, 6.45) is 0.862. The summed E-state index contributed by atoms with van der Waals surface area (Å²) in [5, 5.41) is 11.0. The number of hydrogen-bond donors (Lipinski definition) is 1. The van der Waals surface area contributed by atoms with Gasteiger partial charge in [0, 0.05) is 9.72 Å². The second kappa shape index (κ2) is 4.11. The zero-order valence-electron chi connectivity index (χ0n) is 8.96. The van der Waals surface area contributed by atoms with E-state index >= 15 is 0 Å². The standard InChI is InChI=1S/C12H15BrOS/c1-8-7-10(13)3-4-11(8)12(14)5-6-15-9(12)2/h3-4,7,9,14H,5-6H2,1-2H3/t9-,12-/m0/s1. The molecule has 1 aliphatic rings. The van der Waals surface area contributed by atoms with Crippen molar-refractivity contribution in [2.45, 2.75) is 31.1 Å². The molecule has 0 saturated carbocycles. The normalized spacial score (nSPS) is 30.8. The molecular weight excluding hydrogens is 272 g/mol. The number of hydrogen-bond acceptors (Lipinski definition) is 2. The van der Waals surface area contributed by atoms with Gasteiger partial charge >= 0.3 is 0 Å². The molecular formula is C12H15BrOS. The molecule has 1 saturated heterocycles. The Morgan fingerprint density at radius 1 is 1.53 bits per heavy atom. The topological polar surface area (TPSA) is 20.2 Å². The van der Waals surface area contributed by atoms with Crippen LogP contribution in [0.3, 0.4) is 0 Å². The molecule has 0 amide bonds. The van der Waals surface area contributed by atoms with Crippen LogP contribution in [0.1, 0.15) is 24.5 Å². The van der Waals surface area contributed by atoms with E-state index < -0.39 is 5.60 Å². The van der Waals surface area contributed by atoms with Gasteiger partial charge in [0.15, 0.2) is 0 Å². The molecule has 2 atom stereocenters. The smallest absolute Gasteiger partial charge is 0.102 e. The van der Waals surface area contributed by atoms with Crippen molar-refractivity contribution >= 4 is 27.7 Å². The maximum Gasteiger partial charge on any atom is 0.102 e. The minimum atomic E-state index is -0.630. The lowest BCUT2D eigenvalue weighted by molar-refractivity contribution is 0.0421. The van der Waals surface area contributed by atoms with Gasteiger partial charge in [0.25, 0.3) is 0 Å². The number of aliphatic hydroxyl groups is 1. The molecule has 0 spiro atoms. The minimum absolute atomic E-state index is 0.289. The van der Waals surface area contributed by atoms with Crippen molar-refractivity contribution in [2.75, 3.05) is 5.75 Å². The lowest BCUT2D eigenvalue weighted by atomic mass is 9.86. The van der Waals surface area contributed by atoms with E-state index in [1.54, 1.807) is 0 Å². The zero-order valence-corrected chi connectivity index (χ0v) is 11.4. The first-order valence-electron chi connectivity index (χ1n) is 5.14. The first-order valence-corrected chi connectivity index (χ1v) is 6.99. The Bertz CT molecular complexity index is 380. The van der Waals surface area contributed by atoms with Crippen molar-refractivity contribution in [3.63, 3.8) is 0 Å². The van der Waals surface area contributed by atoms with Crippen molar-refractivity contribution in [1.82, 2.24) is 0 Å². The SMILES string of the molecule is Cc1cc(Br)ccc1[C@]1(O)CCS[C@H]1C. The van der Waals surface area contributed by atoms with Crippen molar-refractivity contribution in [3.05, 3.63) is 33.8 Å². The fraction of sp³-hybridized carbons (Fsp3) is 0.500. The van der Waals surface area contributed by atoms with E-state index in [2.05, 4.69) is 35.8 Å². The van der Waals surface area contributed by atoms with Gasteiger partial charge in [0.1, 0.15) is 5.60 Å². The van der Waals surface area contributed by atoms with Gasteiger partial charge in [-0.3, -0.25) is 0 Å². The summed E-state index contributed by atoms with van der Waals surface area (Å²) in [7, 11) is 0. The van der Waals surface area contributed by atoms with Crippen LogP contribution in [0.5, 0.6) is 0 Å². The van der Waals surface area contributed by atoms with E-state index in [9.17, 15) is 5.11 Å². The van der Waals surface area contributed by atoms with E-state index in [1.807, 2.05) is 23.9 Å². The second-order valence-corrected chi connectivity index (χ2v) is 6.51. The maximum absolute atomic E-state index is 10.7. The summed E-state index contributed by atoms with van der Waals surface area (Å²) in [5.74, 6) is 1.05. The van der Waals surface area contributed by atoms with Gasteiger partial charge in [0.2, 0.25) is 0 Å². The molecule has 1 aromatic carbocycles. The average molecular weight is 287 g/mol. The molecule has 82 valence electrons. The molecule has 1 aromatic rings. The summed E-state index contributed by atoms with van der Waals surface area (Å²) in [4.78, 5) is 0. The molecule has 1 heterocycles. The van der Waals surface area contributed by atoms with Gasteiger partial charge < -0.3 is 5.11 Å². The Morgan fingerprint density at radius 2 is 2.27 bits per heavy atom. The highest BCUT2D eigenvalue weighted by molar-refractivity contribution is 9.10. The van der Waals surface area contributed by atoms with Crippen LogP contribution in [-0.2, 0) is 5.60 Å². The number of rotatable bonds is 1. The van der Waals surface area contributed by atoms with Crippen LogP contribution < -0.4 is 0 Å². The van der Waals surface area contributed by atoms with Crippen molar-refractivity contribution < 1.29 is 5.11 Å². The molecule has 2 rings (SSSR count). The quantitative estimate of drug-likeness (QED) is 0.853. The fourth-order valence-electron chi connectivity index (χ4n) is 2.20. The third-order valence-electron chi connectivity index (χ3n) is 3.18. The Labute approximate surface area is 103 Å². The molecule has 1 nitrogen and oxygen atoms in total. The first-order chi connectivity index (χ1) is 7.04. The summed E-state index contributed by atoms with van der Waals surface area (Å²) < 4.78 is 1.07. The van der Waals surface area contributed by atoms with Crippen molar-refractivity contribution in [3.8, 4) is 0 Å². The summed E-state index contributed by atoms with van der Waals surface area (Å²) in [5.41, 5.74) is 1.62. The third-order valence-corrected chi connectivity index (χ3v) is 5.00. The molecule has 1 aliphatic heterocycles. The van der Waals surface area contributed by atoms with Crippen molar-refractivity contribution in [2.24, 2.45) is 0 Å². The Balaban J connectivity index is 2.44. The lowest BCUT2D eigenvalue weighted by Gasteiger charge is -2.29. The second-order valence-electron chi connectivity index (χ2n) is 4.15. The monoisotopic (exact) mass is 286 g/mol. The maximum atomic E-state index is 10.7. The number of aryl methyl sites for hydroxylation is 1. The average Bonchev–Trinajstić information content (AvgIpc) is 2.47. The summed E-state index contributed by atoms with van der Waals surface area (Å²) >= 11 is 5.30. The predicted molar refractivity (Wildman–Crippen MR) is 69.3 cm³/mol. The highest BCUT2D eigenvalue weighted by Crippen LogP contribution is 2.44. The van der Waals surface area contributed by atoms with Crippen LogP contribution in [0, 0.1) is 6.92 Å². The summed E-state index contributed by atoms with van der Waals surface area (Å²) in [6.45, 7) is 4.17. The van der Waals surface area contributed by atoms with Crippen LogP contribution in [0.25, 0.3) is 0 Å². The van der Waals surface area contributed by atoms with E-state index in [0.29, 0.717) is 0 Å². The molecule has 1 N–H and O–H groups in total. The highest BCUT2D eigenvalue weighted by atomic mass is 79.9. The van der Waals surface area contributed by atoms with Gasteiger partial charge in [-0.1, -0.05) is 28.9 Å². The fourth-order valence-corrected chi connectivity index (χ4v) is 3.98. The number of benzene rings is 1. The van der Waals surface area contributed by atoms with E-state index in [1.165, 1.54) is 5.56 Å². The molecule has 0 unspecified atom stereocenters. The molecule has 0 aliphatic carbocycles. The zero-order chi connectivity index (χ0) is 11.1. The lowest BCUT2D eigenvalue weighted by Crippen LogP contribution is -2.32. The predicted octanol–water partition coefficient (Wildman–Crippen LogP) is 3.47. The molecule has 15 heavy (non-hydrogen) atoms. The Kier molecular flexibility index (Phi) is 3.15. The van der Waals surface area contributed by atoms with E-state index in [4.69, 9.17) is 0 Å². The molecule has 1 fully saturated rings. The van der Waals surface area contributed by atoms with Gasteiger partial charge in [0.05, 0.1) is 0 Å². The Hall–Kier alpha value is 0.01000. The van der Waals surface area contributed by atoms with Gasteiger partial charge in [-0.05, 0) is 42.4 Å². The van der Waals surface area contributed by atoms with Gasteiger partial charge in [-0.15, -0.1) is 0 Å². The van der Waals surface area contributed by atoms with Crippen LogP contribution >= 0.6 is 27.7 Å². The van der Waals surface area contributed by atoms with Crippen molar-refractivity contribution in [1.29, 1.82) is 0 Å².